The number of carbonyl (C=O) groups excluding carboxylic acids is 1. The molecule has 7 nitrogen and oxygen atoms in total. The number of hydrogen-bond acceptors (Lipinski definition) is 6. The summed E-state index contributed by atoms with van der Waals surface area (Å²) in [7, 11) is 1.56. The van der Waals surface area contributed by atoms with Crippen molar-refractivity contribution in [3.63, 3.8) is 0 Å². The number of likely N-dealkylation sites (tertiary alicyclic amines) is 1. The van der Waals surface area contributed by atoms with Crippen molar-refractivity contribution in [3.05, 3.63) is 48.3 Å². The number of nitrogens with zero attached hydrogens (tertiary/aromatic N) is 5. The molecule has 1 unspecified atom stereocenters. The van der Waals surface area contributed by atoms with Crippen LogP contribution in [0.5, 0.6) is 5.88 Å². The van der Waals surface area contributed by atoms with Crippen LogP contribution in [0.2, 0.25) is 0 Å². The molecule has 1 atom stereocenters. The second-order valence-electron chi connectivity index (χ2n) is 7.80. The molecule has 154 valence electrons. The predicted octanol–water partition coefficient (Wildman–Crippen LogP) is 2.16. The maximum atomic E-state index is 13.0. The third kappa shape index (κ3) is 4.67. The average molecular weight is 396 g/mol. The molecule has 0 N–H and O–H groups in total. The number of pyridine rings is 2. The van der Waals surface area contributed by atoms with Gasteiger partial charge in [-0.1, -0.05) is 6.07 Å². The largest absolute Gasteiger partial charge is 0.480 e. The Morgan fingerprint density at radius 2 is 1.90 bits per heavy atom. The van der Waals surface area contributed by atoms with E-state index in [1.54, 1.807) is 25.4 Å². The summed E-state index contributed by atoms with van der Waals surface area (Å²) in [6.07, 6.45) is 5.73. The first-order valence-electron chi connectivity index (χ1n) is 10.4. The maximum Gasteiger partial charge on any atom is 0.259 e. The van der Waals surface area contributed by atoms with Gasteiger partial charge in [0.15, 0.2) is 0 Å². The minimum absolute atomic E-state index is 0.0274. The number of hydrogen-bond donors (Lipinski definition) is 0. The van der Waals surface area contributed by atoms with Gasteiger partial charge in [-0.3, -0.25) is 9.69 Å². The van der Waals surface area contributed by atoms with Crippen LogP contribution < -0.4 is 9.64 Å². The summed E-state index contributed by atoms with van der Waals surface area (Å²) in [5.41, 5.74) is 0.555. The highest BCUT2D eigenvalue weighted by atomic mass is 16.5. The fraction of sp³-hybridized carbons (Fsp3) is 0.500. The lowest BCUT2D eigenvalue weighted by atomic mass is 9.96. The predicted molar refractivity (Wildman–Crippen MR) is 112 cm³/mol. The van der Waals surface area contributed by atoms with Crippen molar-refractivity contribution in [1.82, 2.24) is 19.8 Å². The highest BCUT2D eigenvalue weighted by Gasteiger charge is 2.28. The van der Waals surface area contributed by atoms with Gasteiger partial charge < -0.3 is 14.5 Å². The number of rotatable bonds is 5. The Morgan fingerprint density at radius 1 is 1.07 bits per heavy atom. The Labute approximate surface area is 172 Å². The molecule has 0 saturated carbocycles. The van der Waals surface area contributed by atoms with Gasteiger partial charge in [-0.2, -0.15) is 0 Å². The number of carbonyl (C=O) groups is 1. The first-order chi connectivity index (χ1) is 14.2. The van der Waals surface area contributed by atoms with E-state index >= 15 is 0 Å². The first kappa shape index (κ1) is 19.6. The van der Waals surface area contributed by atoms with E-state index in [2.05, 4.69) is 25.8 Å². The van der Waals surface area contributed by atoms with Crippen molar-refractivity contribution in [3.8, 4) is 5.88 Å². The number of ether oxygens (including phenoxy) is 1. The minimum Gasteiger partial charge on any atom is -0.480 e. The van der Waals surface area contributed by atoms with Gasteiger partial charge in [-0.15, -0.1) is 0 Å². The Morgan fingerprint density at radius 3 is 2.66 bits per heavy atom. The van der Waals surface area contributed by atoms with Crippen LogP contribution in [0, 0.1) is 5.92 Å². The fourth-order valence-electron chi connectivity index (χ4n) is 4.35. The first-order valence-corrected chi connectivity index (χ1v) is 10.4. The molecule has 4 heterocycles. The van der Waals surface area contributed by atoms with E-state index in [1.165, 1.54) is 6.42 Å². The number of methoxy groups -OCH3 is 1. The molecule has 29 heavy (non-hydrogen) atoms. The summed E-state index contributed by atoms with van der Waals surface area (Å²) in [6, 6.07) is 9.66. The normalized spacial score (nSPS) is 20.5. The molecule has 0 radical (unpaired) electrons. The van der Waals surface area contributed by atoms with E-state index in [0.717, 1.165) is 58.1 Å². The number of anilines is 1. The summed E-state index contributed by atoms with van der Waals surface area (Å²) in [6.45, 7) is 6.73. The summed E-state index contributed by atoms with van der Waals surface area (Å²) in [4.78, 5) is 28.5. The van der Waals surface area contributed by atoms with Gasteiger partial charge in [-0.05, 0) is 43.0 Å². The lowest BCUT2D eigenvalue weighted by molar-refractivity contribution is 0.0633. The Bertz CT molecular complexity index is 808. The van der Waals surface area contributed by atoms with Crippen molar-refractivity contribution < 1.29 is 9.53 Å². The van der Waals surface area contributed by atoms with Gasteiger partial charge in [0, 0.05) is 58.2 Å². The van der Waals surface area contributed by atoms with E-state index in [0.29, 0.717) is 17.4 Å². The third-order valence-electron chi connectivity index (χ3n) is 5.86. The fourth-order valence-corrected chi connectivity index (χ4v) is 4.35. The van der Waals surface area contributed by atoms with E-state index < -0.39 is 0 Å². The van der Waals surface area contributed by atoms with Crippen LogP contribution in [-0.4, -0.2) is 78.6 Å². The monoisotopic (exact) mass is 395 g/mol. The Hall–Kier alpha value is -2.67. The zero-order chi connectivity index (χ0) is 20.1. The van der Waals surface area contributed by atoms with Crippen molar-refractivity contribution in [2.45, 2.75) is 12.8 Å². The smallest absolute Gasteiger partial charge is 0.259 e. The van der Waals surface area contributed by atoms with Crippen LogP contribution in [0.15, 0.2) is 42.7 Å². The summed E-state index contributed by atoms with van der Waals surface area (Å²) >= 11 is 0. The van der Waals surface area contributed by atoms with Crippen LogP contribution in [0.3, 0.4) is 0 Å². The quantitative estimate of drug-likeness (QED) is 0.773. The molecule has 2 aromatic rings. The highest BCUT2D eigenvalue weighted by Crippen LogP contribution is 2.23. The van der Waals surface area contributed by atoms with E-state index in [9.17, 15) is 4.79 Å². The molecule has 2 aliphatic rings. The van der Waals surface area contributed by atoms with Gasteiger partial charge in [0.25, 0.3) is 5.91 Å². The number of aromatic nitrogens is 2. The molecule has 2 aromatic heterocycles. The molecular formula is C22H29N5O2. The molecule has 0 aliphatic carbocycles. The molecule has 2 aliphatic heterocycles. The molecule has 2 saturated heterocycles. The van der Waals surface area contributed by atoms with Gasteiger partial charge in [-0.25, -0.2) is 9.97 Å². The van der Waals surface area contributed by atoms with Crippen LogP contribution in [-0.2, 0) is 0 Å². The lowest BCUT2D eigenvalue weighted by Crippen LogP contribution is -2.50. The zero-order valence-corrected chi connectivity index (χ0v) is 17.0. The number of piperidine rings is 1. The van der Waals surface area contributed by atoms with Crippen LogP contribution in [0.25, 0.3) is 0 Å². The molecule has 1 amide bonds. The second kappa shape index (κ2) is 9.22. The Balaban J connectivity index is 1.31. The highest BCUT2D eigenvalue weighted by molar-refractivity contribution is 5.96. The van der Waals surface area contributed by atoms with E-state index in [-0.39, 0.29) is 5.91 Å². The summed E-state index contributed by atoms with van der Waals surface area (Å²) in [5.74, 6) is 2.01. The van der Waals surface area contributed by atoms with Crippen LogP contribution in [0.1, 0.15) is 23.2 Å². The number of amides is 1. The van der Waals surface area contributed by atoms with Gasteiger partial charge in [0.05, 0.1) is 7.11 Å². The summed E-state index contributed by atoms with van der Waals surface area (Å²) < 4.78 is 5.28. The average Bonchev–Trinajstić information content (AvgIpc) is 2.80. The molecule has 7 heteroatoms. The van der Waals surface area contributed by atoms with Gasteiger partial charge in [0.1, 0.15) is 11.4 Å². The van der Waals surface area contributed by atoms with Crippen LogP contribution >= 0.6 is 0 Å². The van der Waals surface area contributed by atoms with E-state index in [4.69, 9.17) is 4.74 Å². The zero-order valence-electron chi connectivity index (χ0n) is 17.0. The van der Waals surface area contributed by atoms with E-state index in [1.807, 2.05) is 23.2 Å². The molecular weight excluding hydrogens is 366 g/mol. The van der Waals surface area contributed by atoms with Crippen molar-refractivity contribution in [2.75, 3.05) is 57.8 Å². The SMILES string of the molecule is COc1ncccc1C(=O)N1CCCC(CN2CCN(c3ccccn3)CC2)C1. The van der Waals surface area contributed by atoms with Gasteiger partial charge >= 0.3 is 0 Å². The van der Waals surface area contributed by atoms with Crippen LogP contribution in [0.4, 0.5) is 5.82 Å². The topological polar surface area (TPSA) is 61.8 Å². The summed E-state index contributed by atoms with van der Waals surface area (Å²) in [5, 5.41) is 0. The minimum atomic E-state index is 0.0274. The Kier molecular flexibility index (Phi) is 6.24. The van der Waals surface area contributed by atoms with Crippen molar-refractivity contribution in [2.24, 2.45) is 5.92 Å². The maximum absolute atomic E-state index is 13.0. The second-order valence-corrected chi connectivity index (χ2v) is 7.80. The van der Waals surface area contributed by atoms with Crippen molar-refractivity contribution in [1.29, 1.82) is 0 Å². The molecule has 0 spiro atoms. The van der Waals surface area contributed by atoms with Gasteiger partial charge in [0.2, 0.25) is 5.88 Å². The molecule has 0 bridgehead atoms. The lowest BCUT2D eigenvalue weighted by Gasteiger charge is -2.39. The van der Waals surface area contributed by atoms with Crippen molar-refractivity contribution >= 4 is 11.7 Å². The molecule has 0 aromatic carbocycles. The molecule has 4 rings (SSSR count). The molecule has 2 fully saturated rings. The third-order valence-corrected chi connectivity index (χ3v) is 5.86. The standard InChI is InChI=1S/C22H29N5O2/c1-29-21-19(7-4-10-24-21)22(28)27-11-5-6-18(17-27)16-25-12-14-26(15-13-25)20-8-2-3-9-23-20/h2-4,7-10,18H,5-6,11-17H2,1H3. The number of piperazine rings is 1.